The number of rotatable bonds is 4. The Hall–Kier alpha value is -3.17. The molecule has 9 heteroatoms. The van der Waals surface area contributed by atoms with Crippen LogP contribution in [0.15, 0.2) is 39.9 Å². The Morgan fingerprint density at radius 1 is 1.00 bits per heavy atom. The van der Waals surface area contributed by atoms with Crippen LogP contribution in [-0.4, -0.2) is 62.8 Å². The van der Waals surface area contributed by atoms with E-state index < -0.39 is 6.10 Å². The average molecular weight is 461 g/mol. The second-order valence-electron chi connectivity index (χ2n) is 10.0. The van der Waals surface area contributed by atoms with Gasteiger partial charge in [0.2, 0.25) is 10.9 Å². The number of aliphatic hydroxyl groups is 1. The normalized spacial score (nSPS) is 20.0. The first kappa shape index (κ1) is 21.4. The predicted molar refractivity (Wildman–Crippen MR) is 129 cm³/mol. The smallest absolute Gasteiger partial charge is 0.249 e. The van der Waals surface area contributed by atoms with Crippen LogP contribution in [0, 0.1) is 12.3 Å². The van der Waals surface area contributed by atoms with E-state index in [0.29, 0.717) is 28.9 Å². The third-order valence-electron chi connectivity index (χ3n) is 8.18. The molecule has 2 fully saturated rings. The van der Waals surface area contributed by atoms with Crippen molar-refractivity contribution in [3.05, 3.63) is 61.9 Å². The molecule has 2 aliphatic rings. The van der Waals surface area contributed by atoms with E-state index in [9.17, 15) is 14.7 Å². The highest BCUT2D eigenvalue weighted by atomic mass is 16.3. The van der Waals surface area contributed by atoms with E-state index in [1.165, 1.54) is 0 Å². The number of hydrogen-bond donors (Lipinski definition) is 1. The van der Waals surface area contributed by atoms with Crippen molar-refractivity contribution in [1.82, 2.24) is 24.9 Å². The van der Waals surface area contributed by atoms with Crippen molar-refractivity contribution in [2.45, 2.75) is 38.7 Å². The molecular weight excluding hydrogens is 432 g/mol. The van der Waals surface area contributed by atoms with E-state index in [-0.39, 0.29) is 10.9 Å². The monoisotopic (exact) mass is 460 g/mol. The van der Waals surface area contributed by atoms with Crippen molar-refractivity contribution < 1.29 is 5.11 Å². The van der Waals surface area contributed by atoms with Gasteiger partial charge in [0, 0.05) is 30.6 Å². The van der Waals surface area contributed by atoms with Crippen LogP contribution in [0.2, 0.25) is 0 Å². The number of benzene rings is 1. The molecule has 0 saturated carbocycles. The summed E-state index contributed by atoms with van der Waals surface area (Å²) in [5.74, 6) is 0. The molecule has 2 aromatic heterocycles. The van der Waals surface area contributed by atoms with Crippen LogP contribution in [0.5, 0.6) is 0 Å². The molecule has 2 aromatic carbocycles. The van der Waals surface area contributed by atoms with Crippen molar-refractivity contribution in [1.29, 1.82) is 0 Å². The number of anilines is 1. The lowest BCUT2D eigenvalue weighted by atomic mass is 9.71. The van der Waals surface area contributed by atoms with Crippen LogP contribution >= 0.6 is 0 Å². The van der Waals surface area contributed by atoms with E-state index in [1.54, 1.807) is 11.4 Å². The Morgan fingerprint density at radius 3 is 2.47 bits per heavy atom. The highest BCUT2D eigenvalue weighted by Gasteiger charge is 2.39. The third kappa shape index (κ3) is 3.42. The number of β-amino-alcohol motifs (C(OH)–C–C–N with tert-alkyl or cyclic N) is 1. The number of piperidine rings is 2. The highest BCUT2D eigenvalue weighted by molar-refractivity contribution is 5.82. The first-order valence-electron chi connectivity index (χ1n) is 12.0. The van der Waals surface area contributed by atoms with E-state index in [1.807, 2.05) is 30.3 Å². The van der Waals surface area contributed by atoms with Gasteiger partial charge in [-0.3, -0.25) is 9.59 Å². The van der Waals surface area contributed by atoms with Crippen LogP contribution in [0.1, 0.15) is 42.9 Å². The molecule has 0 aliphatic carbocycles. The largest absolute Gasteiger partial charge is 0.387 e. The summed E-state index contributed by atoms with van der Waals surface area (Å²) in [5.41, 5.74) is 3.47. The Morgan fingerprint density at radius 2 is 1.74 bits per heavy atom. The van der Waals surface area contributed by atoms with Crippen LogP contribution in [0.25, 0.3) is 16.6 Å². The minimum Gasteiger partial charge on any atom is -0.387 e. The summed E-state index contributed by atoms with van der Waals surface area (Å²) in [5, 5.41) is 23.7. The van der Waals surface area contributed by atoms with Crippen LogP contribution in [0.4, 0.5) is 5.69 Å². The molecule has 1 spiro atoms. The molecule has 9 nitrogen and oxygen atoms in total. The van der Waals surface area contributed by atoms with Gasteiger partial charge in [-0.15, -0.1) is 5.10 Å². The molecule has 34 heavy (non-hydrogen) atoms. The molecule has 1 atom stereocenters. The predicted octanol–water partition coefficient (Wildman–Crippen LogP) is 1.60. The maximum atomic E-state index is 11.9. The number of likely N-dealkylation sites (tertiary alicyclic amines) is 1. The number of tetrazole rings is 1. The lowest BCUT2D eigenvalue weighted by Gasteiger charge is -2.47. The summed E-state index contributed by atoms with van der Waals surface area (Å²) in [7, 11) is 0. The lowest BCUT2D eigenvalue weighted by Crippen LogP contribution is -2.50. The Labute approximate surface area is 196 Å². The zero-order valence-corrected chi connectivity index (χ0v) is 19.3. The van der Waals surface area contributed by atoms with Gasteiger partial charge in [-0.2, -0.15) is 4.52 Å². The molecule has 0 radical (unpaired) electrons. The lowest BCUT2D eigenvalue weighted by molar-refractivity contribution is 0.0450. The summed E-state index contributed by atoms with van der Waals surface area (Å²) < 4.78 is 1.71. The molecule has 0 bridgehead atoms. The fourth-order valence-corrected chi connectivity index (χ4v) is 5.88. The molecular formula is C25H28N6O3. The third-order valence-corrected chi connectivity index (χ3v) is 8.18. The molecule has 0 unspecified atom stereocenters. The SMILES string of the molecule is Cc1c(N2CCC3(CCN(C[C@@H](O)c4ccc5c(ccc6nnnn65)c4)CC3)CC2)c(=O)c1=O. The molecule has 4 aromatic rings. The van der Waals surface area contributed by atoms with Crippen molar-refractivity contribution in [3.8, 4) is 0 Å². The maximum Gasteiger partial charge on any atom is 0.249 e. The van der Waals surface area contributed by atoms with E-state index >= 15 is 0 Å². The molecule has 2 saturated heterocycles. The fraction of sp³-hybridized carbons (Fsp3) is 0.480. The van der Waals surface area contributed by atoms with Gasteiger partial charge in [0.1, 0.15) is 0 Å². The Kier molecular flexibility index (Phi) is 5.00. The van der Waals surface area contributed by atoms with Gasteiger partial charge in [-0.05, 0) is 91.4 Å². The first-order chi connectivity index (χ1) is 16.4. The van der Waals surface area contributed by atoms with Gasteiger partial charge >= 0.3 is 0 Å². The first-order valence-corrected chi connectivity index (χ1v) is 12.0. The molecule has 1 N–H and O–H groups in total. The number of fused-ring (bicyclic) bond motifs is 3. The topological polar surface area (TPSA) is 104 Å². The summed E-state index contributed by atoms with van der Waals surface area (Å²) in [6.07, 6.45) is 3.76. The summed E-state index contributed by atoms with van der Waals surface area (Å²) in [6, 6.07) is 9.81. The van der Waals surface area contributed by atoms with Gasteiger partial charge in [0.05, 0.1) is 17.3 Å². The number of aliphatic hydroxyl groups excluding tert-OH is 1. The van der Waals surface area contributed by atoms with Gasteiger partial charge in [-0.25, -0.2) is 0 Å². The molecule has 6 rings (SSSR count). The number of nitrogens with zero attached hydrogens (tertiary/aromatic N) is 6. The maximum absolute atomic E-state index is 11.9. The quantitative estimate of drug-likeness (QED) is 0.458. The minimum atomic E-state index is -0.554. The summed E-state index contributed by atoms with van der Waals surface area (Å²) >= 11 is 0. The molecule has 4 heterocycles. The molecule has 2 aliphatic heterocycles. The zero-order valence-electron chi connectivity index (χ0n) is 19.3. The Balaban J connectivity index is 1.07. The zero-order chi connectivity index (χ0) is 23.4. The van der Waals surface area contributed by atoms with Gasteiger partial charge in [-0.1, -0.05) is 6.07 Å². The van der Waals surface area contributed by atoms with Gasteiger partial charge in [0.25, 0.3) is 0 Å². The van der Waals surface area contributed by atoms with E-state index in [0.717, 1.165) is 68.3 Å². The van der Waals surface area contributed by atoms with Crippen molar-refractivity contribution >= 4 is 22.2 Å². The number of hydrogen-bond acceptors (Lipinski definition) is 8. The van der Waals surface area contributed by atoms with E-state index in [4.69, 9.17) is 0 Å². The van der Waals surface area contributed by atoms with Gasteiger partial charge in [0.15, 0.2) is 5.65 Å². The minimum absolute atomic E-state index is 0.309. The molecule has 176 valence electrons. The number of pyridine rings is 1. The Bertz CT molecular complexity index is 1430. The van der Waals surface area contributed by atoms with Crippen LogP contribution < -0.4 is 15.8 Å². The molecule has 0 amide bonds. The highest BCUT2D eigenvalue weighted by Crippen LogP contribution is 2.42. The fourth-order valence-electron chi connectivity index (χ4n) is 5.88. The standard InChI is InChI=1S/C25H28N6O3/c1-16-22(24(34)23(16)33)30-12-8-25(9-13-30)6-10-29(11-7-25)15-20(32)18-2-4-19-17(14-18)3-5-21-26-27-28-31(19)21/h2-5,14,20,32H,6-13,15H2,1H3/t20-/m1/s1. The average Bonchev–Trinajstić information content (AvgIpc) is 3.36. The number of aromatic nitrogens is 4. The summed E-state index contributed by atoms with van der Waals surface area (Å²) in [6.45, 7) is 6.00. The van der Waals surface area contributed by atoms with Crippen molar-refractivity contribution in [2.24, 2.45) is 5.41 Å². The van der Waals surface area contributed by atoms with Crippen LogP contribution in [0.3, 0.4) is 0 Å². The second-order valence-corrected chi connectivity index (χ2v) is 10.0. The summed E-state index contributed by atoms with van der Waals surface area (Å²) in [4.78, 5) is 28.0. The van der Waals surface area contributed by atoms with E-state index in [2.05, 4.69) is 25.3 Å². The second kappa shape index (κ2) is 7.95. The van der Waals surface area contributed by atoms with Crippen molar-refractivity contribution in [2.75, 3.05) is 37.6 Å². The van der Waals surface area contributed by atoms with Crippen molar-refractivity contribution in [3.63, 3.8) is 0 Å². The van der Waals surface area contributed by atoms with Crippen LogP contribution in [-0.2, 0) is 0 Å². The van der Waals surface area contributed by atoms with Gasteiger partial charge < -0.3 is 14.9 Å².